The number of esters is 1. The fourth-order valence-electron chi connectivity index (χ4n) is 1.86. The summed E-state index contributed by atoms with van der Waals surface area (Å²) in [6, 6.07) is 7.18. The van der Waals surface area contributed by atoms with Crippen LogP contribution in [-0.4, -0.2) is 22.6 Å². The summed E-state index contributed by atoms with van der Waals surface area (Å²) in [5.41, 5.74) is 0.908. The van der Waals surface area contributed by atoms with Crippen molar-refractivity contribution in [3.8, 4) is 0 Å². The van der Waals surface area contributed by atoms with E-state index in [0.29, 0.717) is 5.56 Å². The van der Waals surface area contributed by atoms with Crippen molar-refractivity contribution in [3.05, 3.63) is 35.4 Å². The average molecular weight is 264 g/mol. The van der Waals surface area contributed by atoms with Crippen LogP contribution in [0.4, 0.5) is 0 Å². The predicted octanol–water partition coefficient (Wildman–Crippen LogP) is 2.90. The highest BCUT2D eigenvalue weighted by atomic mass is 16.6. The number of ether oxygens (including phenoxy) is 1. The van der Waals surface area contributed by atoms with Crippen LogP contribution in [0.15, 0.2) is 24.3 Å². The Labute approximate surface area is 113 Å². The van der Waals surface area contributed by atoms with Gasteiger partial charge in [0, 0.05) is 0 Å². The van der Waals surface area contributed by atoms with Crippen molar-refractivity contribution in [3.63, 3.8) is 0 Å². The van der Waals surface area contributed by atoms with Crippen LogP contribution in [0.25, 0.3) is 0 Å². The molecule has 4 heteroatoms. The molecule has 0 spiro atoms. The Bertz CT molecular complexity index is 471. The quantitative estimate of drug-likeness (QED) is 0.849. The Morgan fingerprint density at radius 3 is 2.32 bits per heavy atom. The second-order valence-electron chi connectivity index (χ2n) is 5.54. The van der Waals surface area contributed by atoms with Crippen molar-refractivity contribution < 1.29 is 19.4 Å². The zero-order valence-corrected chi connectivity index (χ0v) is 11.8. The molecule has 1 atom stereocenters. The van der Waals surface area contributed by atoms with Gasteiger partial charge in [0.1, 0.15) is 5.60 Å². The molecule has 0 saturated carbocycles. The Morgan fingerprint density at radius 2 is 1.84 bits per heavy atom. The summed E-state index contributed by atoms with van der Waals surface area (Å²) in [6.07, 6.45) is -0.155. The van der Waals surface area contributed by atoms with Crippen LogP contribution in [0, 0.1) is 6.92 Å². The molecule has 0 aliphatic carbocycles. The van der Waals surface area contributed by atoms with Gasteiger partial charge < -0.3 is 9.84 Å². The molecule has 4 nitrogen and oxygen atoms in total. The minimum absolute atomic E-state index is 0.155. The molecule has 104 valence electrons. The van der Waals surface area contributed by atoms with Gasteiger partial charge in [-0.2, -0.15) is 0 Å². The van der Waals surface area contributed by atoms with Gasteiger partial charge in [-0.1, -0.05) is 24.3 Å². The predicted molar refractivity (Wildman–Crippen MR) is 72.0 cm³/mol. The van der Waals surface area contributed by atoms with E-state index in [-0.39, 0.29) is 6.42 Å². The van der Waals surface area contributed by atoms with Crippen LogP contribution in [0.3, 0.4) is 0 Å². The van der Waals surface area contributed by atoms with Gasteiger partial charge in [0.05, 0.1) is 12.3 Å². The maximum absolute atomic E-state index is 11.8. The Kier molecular flexibility index (Phi) is 4.70. The third kappa shape index (κ3) is 4.73. The highest BCUT2D eigenvalue weighted by molar-refractivity contribution is 5.83. The number of hydrogen-bond donors (Lipinski definition) is 1. The van der Waals surface area contributed by atoms with Crippen LogP contribution in [0.2, 0.25) is 0 Å². The first-order valence-corrected chi connectivity index (χ1v) is 6.21. The molecule has 0 heterocycles. The third-order valence-electron chi connectivity index (χ3n) is 2.65. The fourth-order valence-corrected chi connectivity index (χ4v) is 1.86. The molecule has 0 unspecified atom stereocenters. The molecule has 1 N–H and O–H groups in total. The van der Waals surface area contributed by atoms with Crippen LogP contribution >= 0.6 is 0 Å². The van der Waals surface area contributed by atoms with Gasteiger partial charge >= 0.3 is 11.9 Å². The summed E-state index contributed by atoms with van der Waals surface area (Å²) in [5.74, 6) is -2.38. The molecule has 0 fully saturated rings. The number of carbonyl (C=O) groups is 2. The van der Waals surface area contributed by atoms with Gasteiger partial charge in [-0.3, -0.25) is 9.59 Å². The molecule has 0 aromatic heterocycles. The molecule has 0 saturated heterocycles. The van der Waals surface area contributed by atoms with Crippen LogP contribution < -0.4 is 0 Å². The molecule has 1 rings (SSSR count). The van der Waals surface area contributed by atoms with Gasteiger partial charge in [-0.05, 0) is 38.8 Å². The molecule has 19 heavy (non-hydrogen) atoms. The van der Waals surface area contributed by atoms with E-state index in [0.717, 1.165) is 5.56 Å². The topological polar surface area (TPSA) is 63.6 Å². The van der Waals surface area contributed by atoms with Gasteiger partial charge in [-0.15, -0.1) is 0 Å². The number of rotatable bonds is 4. The fraction of sp³-hybridized carbons (Fsp3) is 0.467. The molecule has 1 aromatic carbocycles. The lowest BCUT2D eigenvalue weighted by Gasteiger charge is -2.21. The summed E-state index contributed by atoms with van der Waals surface area (Å²) >= 11 is 0. The minimum atomic E-state index is -1.01. The van der Waals surface area contributed by atoms with E-state index < -0.39 is 23.5 Å². The van der Waals surface area contributed by atoms with E-state index in [1.807, 2.05) is 19.1 Å². The maximum atomic E-state index is 11.8. The van der Waals surface area contributed by atoms with E-state index in [1.165, 1.54) is 0 Å². The summed E-state index contributed by atoms with van der Waals surface area (Å²) in [5, 5.41) is 9.29. The number of carbonyl (C=O) groups excluding carboxylic acids is 1. The molecular formula is C15H20O4. The normalized spacial score (nSPS) is 12.8. The smallest absolute Gasteiger partial charge is 0.311 e. The Hall–Kier alpha value is -1.84. The van der Waals surface area contributed by atoms with Crippen molar-refractivity contribution in [2.75, 3.05) is 0 Å². The molecule has 0 bridgehead atoms. The van der Waals surface area contributed by atoms with E-state index >= 15 is 0 Å². The van der Waals surface area contributed by atoms with E-state index in [2.05, 4.69) is 0 Å². The number of hydrogen-bond acceptors (Lipinski definition) is 3. The lowest BCUT2D eigenvalue weighted by Crippen LogP contribution is -2.26. The van der Waals surface area contributed by atoms with E-state index in [4.69, 9.17) is 4.74 Å². The zero-order chi connectivity index (χ0) is 14.6. The average Bonchev–Trinajstić information content (AvgIpc) is 2.24. The number of benzene rings is 1. The first-order chi connectivity index (χ1) is 8.70. The summed E-state index contributed by atoms with van der Waals surface area (Å²) in [6.45, 7) is 7.11. The Balaban J connectivity index is 2.89. The van der Waals surface area contributed by atoms with Crippen molar-refractivity contribution in [2.24, 2.45) is 0 Å². The van der Waals surface area contributed by atoms with Crippen molar-refractivity contribution in [1.29, 1.82) is 0 Å². The van der Waals surface area contributed by atoms with Crippen molar-refractivity contribution in [1.82, 2.24) is 0 Å². The second-order valence-corrected chi connectivity index (χ2v) is 5.54. The number of carboxylic acid groups (broad SMARTS) is 1. The molecule has 0 amide bonds. The first-order valence-electron chi connectivity index (χ1n) is 6.21. The number of aryl methyl sites for hydroxylation is 1. The van der Waals surface area contributed by atoms with E-state index in [1.54, 1.807) is 32.9 Å². The van der Waals surface area contributed by atoms with Crippen molar-refractivity contribution in [2.45, 2.75) is 45.6 Å². The summed E-state index contributed by atoms with van der Waals surface area (Å²) in [7, 11) is 0. The Morgan fingerprint density at radius 1 is 1.26 bits per heavy atom. The molecule has 0 aliphatic rings. The highest BCUT2D eigenvalue weighted by Crippen LogP contribution is 2.24. The SMILES string of the molecule is Cc1ccccc1[C@@H](CC(=O)OC(C)(C)C)C(=O)O. The molecule has 0 radical (unpaired) electrons. The molecular weight excluding hydrogens is 244 g/mol. The second kappa shape index (κ2) is 5.87. The van der Waals surface area contributed by atoms with Gasteiger partial charge in [0.15, 0.2) is 0 Å². The van der Waals surface area contributed by atoms with E-state index in [9.17, 15) is 14.7 Å². The summed E-state index contributed by atoms with van der Waals surface area (Å²) < 4.78 is 5.18. The van der Waals surface area contributed by atoms with Crippen LogP contribution in [-0.2, 0) is 14.3 Å². The van der Waals surface area contributed by atoms with Gasteiger partial charge in [-0.25, -0.2) is 0 Å². The highest BCUT2D eigenvalue weighted by Gasteiger charge is 2.27. The monoisotopic (exact) mass is 264 g/mol. The van der Waals surface area contributed by atoms with Gasteiger partial charge in [0.2, 0.25) is 0 Å². The van der Waals surface area contributed by atoms with Crippen molar-refractivity contribution >= 4 is 11.9 Å². The zero-order valence-electron chi connectivity index (χ0n) is 11.8. The van der Waals surface area contributed by atoms with Crippen LogP contribution in [0.1, 0.15) is 44.2 Å². The lowest BCUT2D eigenvalue weighted by molar-refractivity contribution is -0.158. The minimum Gasteiger partial charge on any atom is -0.481 e. The standard InChI is InChI=1S/C15H20O4/c1-10-7-5-6-8-11(10)12(14(17)18)9-13(16)19-15(2,3)4/h5-8,12H,9H2,1-4H3,(H,17,18)/t12-/m1/s1. The van der Waals surface area contributed by atoms with Crippen LogP contribution in [0.5, 0.6) is 0 Å². The van der Waals surface area contributed by atoms with Gasteiger partial charge in [0.25, 0.3) is 0 Å². The molecule has 1 aromatic rings. The number of aliphatic carboxylic acids is 1. The number of carboxylic acids is 1. The largest absolute Gasteiger partial charge is 0.481 e. The molecule has 0 aliphatic heterocycles. The third-order valence-corrected chi connectivity index (χ3v) is 2.65. The summed E-state index contributed by atoms with van der Waals surface area (Å²) in [4.78, 5) is 23.1. The first kappa shape index (κ1) is 15.2. The lowest BCUT2D eigenvalue weighted by atomic mass is 9.92. The maximum Gasteiger partial charge on any atom is 0.311 e.